The third-order valence-electron chi connectivity index (χ3n) is 3.55. The van der Waals surface area contributed by atoms with Crippen LogP contribution < -0.4 is 0 Å². The molecule has 0 unspecified atom stereocenters. The summed E-state index contributed by atoms with van der Waals surface area (Å²) in [5, 5.41) is 3.39. The molecule has 0 saturated carbocycles. The predicted octanol–water partition coefficient (Wildman–Crippen LogP) is 4.68. The number of nitrogens with zero attached hydrogens (tertiary/aromatic N) is 3. The Morgan fingerprint density at radius 1 is 1.04 bits per heavy atom. The zero-order valence-electron chi connectivity index (χ0n) is 14.0. The van der Waals surface area contributed by atoms with E-state index in [0.29, 0.717) is 5.56 Å². The van der Waals surface area contributed by atoms with Crippen molar-refractivity contribution in [3.05, 3.63) is 81.9 Å². The molecule has 6 heteroatoms. The second kappa shape index (κ2) is 8.47. The SMILES string of the molecule is CCOC(=O)/C(C)=C(/N=[N+]=[N-])C(=O)c1ccc(-c2ccccc2)cc1. The van der Waals surface area contributed by atoms with Crippen molar-refractivity contribution in [2.45, 2.75) is 13.8 Å². The summed E-state index contributed by atoms with van der Waals surface area (Å²) in [6.07, 6.45) is 0. The van der Waals surface area contributed by atoms with Gasteiger partial charge in [-0.2, -0.15) is 0 Å². The smallest absolute Gasteiger partial charge is 0.334 e. The van der Waals surface area contributed by atoms with Crippen molar-refractivity contribution in [3.63, 3.8) is 0 Å². The van der Waals surface area contributed by atoms with Gasteiger partial charge in [-0.05, 0) is 30.5 Å². The molecule has 2 aromatic rings. The van der Waals surface area contributed by atoms with Gasteiger partial charge in [0.2, 0.25) is 0 Å². The first-order chi connectivity index (χ1) is 12.1. The first kappa shape index (κ1) is 18.0. The Kier molecular flexibility index (Phi) is 6.09. The lowest BCUT2D eigenvalue weighted by atomic mass is 10.0. The number of hydrogen-bond acceptors (Lipinski definition) is 4. The maximum atomic E-state index is 12.6. The number of Topliss-reactive ketones (excluding diaryl/α,β-unsaturated/α-hetero) is 1. The number of ether oxygens (including phenoxy) is 1. The van der Waals surface area contributed by atoms with Crippen molar-refractivity contribution in [1.82, 2.24) is 0 Å². The summed E-state index contributed by atoms with van der Waals surface area (Å²) in [6, 6.07) is 16.6. The highest BCUT2D eigenvalue weighted by atomic mass is 16.5. The lowest BCUT2D eigenvalue weighted by molar-refractivity contribution is -0.138. The Bertz CT molecular complexity index is 849. The zero-order chi connectivity index (χ0) is 18.2. The van der Waals surface area contributed by atoms with Crippen LogP contribution in [-0.4, -0.2) is 18.4 Å². The molecular weight excluding hydrogens is 318 g/mol. The molecule has 126 valence electrons. The number of hydrogen-bond donors (Lipinski definition) is 0. The van der Waals surface area contributed by atoms with Gasteiger partial charge >= 0.3 is 5.97 Å². The average Bonchev–Trinajstić information content (AvgIpc) is 2.66. The van der Waals surface area contributed by atoms with Crippen LogP contribution in [0, 0.1) is 0 Å². The van der Waals surface area contributed by atoms with E-state index < -0.39 is 11.8 Å². The van der Waals surface area contributed by atoms with Gasteiger partial charge in [0, 0.05) is 16.0 Å². The molecule has 0 heterocycles. The topological polar surface area (TPSA) is 92.1 Å². The summed E-state index contributed by atoms with van der Waals surface area (Å²) < 4.78 is 4.86. The Balaban J connectivity index is 2.35. The van der Waals surface area contributed by atoms with Gasteiger partial charge < -0.3 is 4.74 Å². The van der Waals surface area contributed by atoms with E-state index in [1.807, 2.05) is 30.3 Å². The third kappa shape index (κ3) is 4.34. The van der Waals surface area contributed by atoms with Gasteiger partial charge in [-0.3, -0.25) is 4.79 Å². The van der Waals surface area contributed by atoms with Crippen molar-refractivity contribution in [2.24, 2.45) is 5.11 Å². The maximum absolute atomic E-state index is 12.6. The number of allylic oxidation sites excluding steroid dienone is 1. The average molecular weight is 335 g/mol. The summed E-state index contributed by atoms with van der Waals surface area (Å²) in [7, 11) is 0. The monoisotopic (exact) mass is 335 g/mol. The minimum Gasteiger partial charge on any atom is -0.463 e. The molecule has 0 radical (unpaired) electrons. The number of carbonyl (C=O) groups is 2. The lowest BCUT2D eigenvalue weighted by Gasteiger charge is -2.07. The fourth-order valence-electron chi connectivity index (χ4n) is 2.25. The first-order valence-electron chi connectivity index (χ1n) is 7.71. The normalized spacial score (nSPS) is 11.1. The molecule has 25 heavy (non-hydrogen) atoms. The van der Waals surface area contributed by atoms with Crippen LogP contribution in [0.3, 0.4) is 0 Å². The van der Waals surface area contributed by atoms with Crippen molar-refractivity contribution in [3.8, 4) is 11.1 Å². The van der Waals surface area contributed by atoms with Gasteiger partial charge in [0.25, 0.3) is 0 Å². The maximum Gasteiger partial charge on any atom is 0.334 e. The molecule has 6 nitrogen and oxygen atoms in total. The van der Waals surface area contributed by atoms with Crippen LogP contribution in [0.15, 0.2) is 71.0 Å². The molecule has 0 N–H and O–H groups in total. The van der Waals surface area contributed by atoms with Crippen LogP contribution >= 0.6 is 0 Å². The molecule has 0 amide bonds. The summed E-state index contributed by atoms with van der Waals surface area (Å²) >= 11 is 0. The number of ketones is 1. The standard InChI is InChI=1S/C19H17N3O3/c1-3-25-19(24)13(2)17(21-22-20)18(23)16-11-9-15(10-12-16)14-7-5-4-6-8-14/h4-12H,3H2,1-2H3/b17-13+. The molecule has 0 aliphatic carbocycles. The fourth-order valence-corrected chi connectivity index (χ4v) is 2.25. The molecule has 0 spiro atoms. The van der Waals surface area contributed by atoms with Crippen LogP contribution in [0.25, 0.3) is 21.6 Å². The third-order valence-corrected chi connectivity index (χ3v) is 3.55. The molecule has 0 aliphatic rings. The van der Waals surface area contributed by atoms with Crippen LogP contribution in [-0.2, 0) is 9.53 Å². The molecule has 0 fully saturated rings. The van der Waals surface area contributed by atoms with Gasteiger partial charge in [0.1, 0.15) is 0 Å². The Hall–Kier alpha value is -3.37. The van der Waals surface area contributed by atoms with E-state index in [1.165, 1.54) is 6.92 Å². The van der Waals surface area contributed by atoms with Crippen molar-refractivity contribution < 1.29 is 14.3 Å². The van der Waals surface area contributed by atoms with Crippen LogP contribution in [0.4, 0.5) is 0 Å². The van der Waals surface area contributed by atoms with E-state index in [4.69, 9.17) is 10.3 Å². The second-order valence-corrected chi connectivity index (χ2v) is 5.16. The van der Waals surface area contributed by atoms with E-state index in [1.54, 1.807) is 31.2 Å². The van der Waals surface area contributed by atoms with Gasteiger partial charge in [0.05, 0.1) is 12.3 Å². The van der Waals surface area contributed by atoms with E-state index in [2.05, 4.69) is 10.0 Å². The minimum absolute atomic E-state index is 0.0169. The number of carbonyl (C=O) groups excluding carboxylic acids is 2. The van der Waals surface area contributed by atoms with Crippen molar-refractivity contribution in [2.75, 3.05) is 6.61 Å². The van der Waals surface area contributed by atoms with E-state index >= 15 is 0 Å². The Morgan fingerprint density at radius 3 is 2.20 bits per heavy atom. The van der Waals surface area contributed by atoms with Crippen LogP contribution in [0.5, 0.6) is 0 Å². The lowest BCUT2D eigenvalue weighted by Crippen LogP contribution is -2.12. The predicted molar refractivity (Wildman–Crippen MR) is 94.7 cm³/mol. The molecule has 2 rings (SSSR count). The molecule has 0 saturated heterocycles. The molecule has 0 aliphatic heterocycles. The minimum atomic E-state index is -0.681. The van der Waals surface area contributed by atoms with Crippen LogP contribution in [0.1, 0.15) is 24.2 Å². The summed E-state index contributed by atoms with van der Waals surface area (Å²) in [5.41, 5.74) is 10.7. The second-order valence-electron chi connectivity index (χ2n) is 5.16. The number of rotatable bonds is 6. The number of azide groups is 1. The van der Waals surface area contributed by atoms with Gasteiger partial charge in [-0.1, -0.05) is 59.7 Å². The number of esters is 1. The summed E-state index contributed by atoms with van der Waals surface area (Å²) in [6.45, 7) is 3.22. The highest BCUT2D eigenvalue weighted by Crippen LogP contribution is 2.21. The van der Waals surface area contributed by atoms with Crippen molar-refractivity contribution in [1.29, 1.82) is 0 Å². The molecule has 0 bridgehead atoms. The Labute approximate surface area is 145 Å². The summed E-state index contributed by atoms with van der Waals surface area (Å²) in [4.78, 5) is 27.1. The highest BCUT2D eigenvalue weighted by Gasteiger charge is 2.19. The van der Waals surface area contributed by atoms with Crippen LogP contribution in [0.2, 0.25) is 0 Å². The van der Waals surface area contributed by atoms with E-state index in [9.17, 15) is 9.59 Å². The summed E-state index contributed by atoms with van der Waals surface area (Å²) in [5.74, 6) is -1.21. The number of benzene rings is 2. The zero-order valence-corrected chi connectivity index (χ0v) is 14.0. The highest BCUT2D eigenvalue weighted by molar-refractivity contribution is 6.12. The molecular formula is C19H17N3O3. The van der Waals surface area contributed by atoms with E-state index in [-0.39, 0.29) is 17.9 Å². The fraction of sp³-hybridized carbons (Fsp3) is 0.158. The molecule has 0 aromatic heterocycles. The van der Waals surface area contributed by atoms with Gasteiger partial charge in [0.15, 0.2) is 5.78 Å². The largest absolute Gasteiger partial charge is 0.463 e. The molecule has 2 aromatic carbocycles. The first-order valence-corrected chi connectivity index (χ1v) is 7.71. The molecule has 0 atom stereocenters. The van der Waals surface area contributed by atoms with Gasteiger partial charge in [-0.25, -0.2) is 4.79 Å². The van der Waals surface area contributed by atoms with Crippen molar-refractivity contribution >= 4 is 11.8 Å². The Morgan fingerprint density at radius 2 is 1.64 bits per heavy atom. The van der Waals surface area contributed by atoms with E-state index in [0.717, 1.165) is 11.1 Å². The quantitative estimate of drug-likeness (QED) is 0.191. The van der Waals surface area contributed by atoms with Gasteiger partial charge in [-0.15, -0.1) is 0 Å².